The van der Waals surface area contributed by atoms with Crippen LogP contribution in [0, 0.1) is 11.7 Å². The maximum Gasteiger partial charge on any atom is 0.254 e. The molecule has 1 heterocycles. The van der Waals surface area contributed by atoms with Gasteiger partial charge in [-0.2, -0.15) is 0 Å². The van der Waals surface area contributed by atoms with Crippen molar-refractivity contribution in [2.45, 2.75) is 49.4 Å². The molecule has 0 aliphatic carbocycles. The zero-order valence-corrected chi connectivity index (χ0v) is 26.2. The molecule has 1 unspecified atom stereocenters. The number of aliphatic hydroxyl groups excluding tert-OH is 1. The molecule has 2 N–H and O–H groups in total. The second-order valence-electron chi connectivity index (χ2n) is 12.9. The average Bonchev–Trinajstić information content (AvgIpc) is 3.29. The number of hydrogen-bond acceptors (Lipinski definition) is 6. The maximum atomic E-state index is 14.9. The van der Waals surface area contributed by atoms with Gasteiger partial charge in [0.1, 0.15) is 63.7 Å². The molecule has 0 saturated carbocycles. The van der Waals surface area contributed by atoms with E-state index in [2.05, 4.69) is 24.1 Å². The molecule has 0 aromatic heterocycles. The van der Waals surface area contributed by atoms with Crippen molar-refractivity contribution in [3.8, 4) is 5.75 Å². The Morgan fingerprint density at radius 1 is 1.21 bits per heavy atom. The van der Waals surface area contributed by atoms with Crippen LogP contribution in [0.2, 0.25) is 10.4 Å². The lowest BCUT2D eigenvalue weighted by Crippen LogP contribution is -2.69. The van der Waals surface area contributed by atoms with E-state index >= 15 is 0 Å². The van der Waals surface area contributed by atoms with E-state index in [1.54, 1.807) is 53.9 Å². The molecule has 1 atom stereocenters. The first kappa shape index (κ1) is 33.5. The SMILES string of the molecule is BC(B)(C=O)C(B)(B)C(B)(C(=O)NC)N1Cc2c(OCc3cc(CN(CCO)CC(C)C)ccc3F)cccc2C1=O. The fourth-order valence-corrected chi connectivity index (χ4v) is 5.71. The molecule has 0 radical (unpaired) electrons. The number of aldehydes is 1. The van der Waals surface area contributed by atoms with Gasteiger partial charge in [-0.05, 0) is 41.0 Å². The van der Waals surface area contributed by atoms with Gasteiger partial charge in [0.05, 0.1) is 18.6 Å². The molecule has 0 bridgehead atoms. The summed E-state index contributed by atoms with van der Waals surface area (Å²) in [7, 11) is 10.4. The van der Waals surface area contributed by atoms with Gasteiger partial charge in [0.25, 0.3) is 5.91 Å². The van der Waals surface area contributed by atoms with Gasteiger partial charge in [-0.3, -0.25) is 14.5 Å². The number of carbonyl (C=O) groups is 3. The highest BCUT2D eigenvalue weighted by molar-refractivity contribution is 6.63. The van der Waals surface area contributed by atoms with E-state index in [1.165, 1.54) is 18.0 Å². The molecular weight excluding hydrogens is 531 g/mol. The second kappa shape index (κ2) is 13.1. The minimum atomic E-state index is -1.38. The summed E-state index contributed by atoms with van der Waals surface area (Å²) in [6, 6.07) is 10.1. The van der Waals surface area contributed by atoms with Crippen LogP contribution in [0.25, 0.3) is 0 Å². The van der Waals surface area contributed by atoms with Crippen molar-refractivity contribution < 1.29 is 28.6 Å². The quantitative estimate of drug-likeness (QED) is 0.198. The number of halogens is 1. The highest BCUT2D eigenvalue weighted by atomic mass is 19.1. The number of hydrogen-bond donors (Lipinski definition) is 2. The molecule has 0 spiro atoms. The predicted octanol–water partition coefficient (Wildman–Crippen LogP) is -2.15. The van der Waals surface area contributed by atoms with E-state index in [1.807, 2.05) is 15.7 Å². The van der Waals surface area contributed by atoms with Crippen molar-refractivity contribution in [2.24, 2.45) is 5.92 Å². The molecule has 42 heavy (non-hydrogen) atoms. The molecule has 8 nitrogen and oxygen atoms in total. The predicted molar refractivity (Wildman–Crippen MR) is 175 cm³/mol. The Morgan fingerprint density at radius 2 is 1.90 bits per heavy atom. The van der Waals surface area contributed by atoms with Crippen LogP contribution in [0.3, 0.4) is 0 Å². The monoisotopic (exact) mass is 573 g/mol. The number of carbonyl (C=O) groups excluding carboxylic acids is 3. The minimum absolute atomic E-state index is 0.0432. The molecule has 2 aromatic carbocycles. The van der Waals surface area contributed by atoms with Crippen molar-refractivity contribution in [1.82, 2.24) is 15.1 Å². The first-order chi connectivity index (χ1) is 19.6. The van der Waals surface area contributed by atoms with E-state index < -0.39 is 21.7 Å². The summed E-state index contributed by atoms with van der Waals surface area (Å²) in [5, 5.41) is 10.3. The number of nitrogens with zero attached hydrogens (tertiary/aromatic N) is 2. The van der Waals surface area contributed by atoms with Crippen LogP contribution in [0.4, 0.5) is 4.39 Å². The number of nitrogens with one attached hydrogen (secondary N) is 1. The highest BCUT2D eigenvalue weighted by Crippen LogP contribution is 2.52. The standard InChI is InChI=1S/C28H41B5FN3O5/c1-17(2)12-36(9-10-38)13-18-7-8-22(34)19(11-18)15-42-23-6-4-5-20-21(23)14-37(24(20)40)27(31,25(41)35-3)28(32,33)26(29,30)16-39/h4-8,11,16-17,38H,9-10,12-15,29-33H2,1-3H3,(H,35,41). The first-order valence-electron chi connectivity index (χ1n) is 14.5. The Kier molecular flexibility index (Phi) is 10.5. The lowest BCUT2D eigenvalue weighted by atomic mass is 9.23. The number of aliphatic hydroxyl groups is 1. The van der Waals surface area contributed by atoms with E-state index in [4.69, 9.17) is 4.74 Å². The Balaban J connectivity index is 1.90. The fraction of sp³-hybridized carbons (Fsp3) is 0.464. The lowest BCUT2D eigenvalue weighted by Gasteiger charge is -2.55. The zero-order valence-electron chi connectivity index (χ0n) is 26.2. The van der Waals surface area contributed by atoms with Crippen LogP contribution in [-0.4, -0.2) is 104 Å². The molecule has 3 rings (SSSR count). The van der Waals surface area contributed by atoms with Crippen LogP contribution in [0.15, 0.2) is 36.4 Å². The van der Waals surface area contributed by atoms with E-state index in [9.17, 15) is 23.9 Å². The summed E-state index contributed by atoms with van der Waals surface area (Å²) in [5.74, 6) is -0.257. The summed E-state index contributed by atoms with van der Waals surface area (Å²) < 4.78 is 21.0. The molecule has 0 saturated heterocycles. The summed E-state index contributed by atoms with van der Waals surface area (Å²) >= 11 is 0. The summed E-state index contributed by atoms with van der Waals surface area (Å²) in [5.41, 5.74) is 0.926. The number of benzene rings is 2. The molecule has 1 aliphatic rings. The van der Waals surface area contributed by atoms with Crippen molar-refractivity contribution in [2.75, 3.05) is 26.7 Å². The van der Waals surface area contributed by atoms with Crippen LogP contribution in [0.1, 0.15) is 40.9 Å². The maximum absolute atomic E-state index is 14.9. The summed E-state index contributed by atoms with van der Waals surface area (Å²) in [6.07, 6.45) is 0.824. The molecule has 2 aromatic rings. The Bertz CT molecular complexity index is 1330. The molecule has 220 valence electrons. The largest absolute Gasteiger partial charge is 0.488 e. The van der Waals surface area contributed by atoms with Gasteiger partial charge < -0.3 is 24.9 Å². The van der Waals surface area contributed by atoms with Gasteiger partial charge in [0.2, 0.25) is 5.91 Å². The molecule has 0 fully saturated rings. The Labute approximate surface area is 253 Å². The van der Waals surface area contributed by atoms with Gasteiger partial charge >= 0.3 is 0 Å². The van der Waals surface area contributed by atoms with E-state index in [0.717, 1.165) is 18.4 Å². The normalized spacial score (nSPS) is 15.0. The van der Waals surface area contributed by atoms with Gasteiger partial charge in [-0.1, -0.05) is 31.2 Å². The Morgan fingerprint density at radius 3 is 2.50 bits per heavy atom. The molecular formula is C28H41B5FN3O5. The van der Waals surface area contributed by atoms with Crippen molar-refractivity contribution in [3.05, 3.63) is 64.5 Å². The number of ether oxygens (including phenoxy) is 1. The summed E-state index contributed by atoms with van der Waals surface area (Å²) in [4.78, 5) is 43.0. The second-order valence-corrected chi connectivity index (χ2v) is 12.9. The van der Waals surface area contributed by atoms with Crippen molar-refractivity contribution >= 4 is 57.3 Å². The third-order valence-electron chi connectivity index (χ3n) is 9.20. The van der Waals surface area contributed by atoms with Gasteiger partial charge in [-0.25, -0.2) is 4.39 Å². The number of amides is 2. The molecule has 2 amide bonds. The first-order valence-corrected chi connectivity index (χ1v) is 14.5. The van der Waals surface area contributed by atoms with Crippen LogP contribution in [-0.2, 0) is 29.3 Å². The van der Waals surface area contributed by atoms with E-state index in [0.29, 0.717) is 41.4 Å². The van der Waals surface area contributed by atoms with Gasteiger partial charge in [-0.15, -0.1) is 0 Å². The van der Waals surface area contributed by atoms with Crippen LogP contribution >= 0.6 is 0 Å². The van der Waals surface area contributed by atoms with Crippen molar-refractivity contribution in [1.29, 1.82) is 0 Å². The third-order valence-corrected chi connectivity index (χ3v) is 9.20. The molecule has 1 aliphatic heterocycles. The summed E-state index contributed by atoms with van der Waals surface area (Å²) in [6.45, 7) is 6.21. The van der Waals surface area contributed by atoms with Gasteiger partial charge in [0, 0.05) is 43.4 Å². The van der Waals surface area contributed by atoms with Gasteiger partial charge in [0.15, 0.2) is 0 Å². The zero-order chi connectivity index (χ0) is 31.5. The van der Waals surface area contributed by atoms with Crippen molar-refractivity contribution in [3.63, 3.8) is 0 Å². The van der Waals surface area contributed by atoms with Crippen LogP contribution in [0.5, 0.6) is 5.75 Å². The number of rotatable bonds is 14. The third kappa shape index (κ3) is 6.34. The minimum Gasteiger partial charge on any atom is -0.488 e. The number of fused-ring (bicyclic) bond motifs is 1. The number of likely N-dealkylation sites (N-methyl/N-ethyl adjacent to an activating group) is 1. The fourth-order valence-electron chi connectivity index (χ4n) is 5.71. The lowest BCUT2D eigenvalue weighted by molar-refractivity contribution is -0.128. The Hall–Kier alpha value is -2.98. The van der Waals surface area contributed by atoms with E-state index in [-0.39, 0.29) is 31.6 Å². The smallest absolute Gasteiger partial charge is 0.254 e. The highest BCUT2D eigenvalue weighted by Gasteiger charge is 2.59. The average molecular weight is 573 g/mol. The molecule has 14 heteroatoms. The van der Waals surface area contributed by atoms with Crippen LogP contribution < -0.4 is 10.1 Å². The topological polar surface area (TPSA) is 99.2 Å².